The Bertz CT molecular complexity index is 1540. The van der Waals surface area contributed by atoms with Crippen LogP contribution in [0.25, 0.3) is 22.3 Å². The summed E-state index contributed by atoms with van der Waals surface area (Å²) in [6.45, 7) is 0.629. The van der Waals surface area contributed by atoms with Gasteiger partial charge < -0.3 is 4.74 Å². The third-order valence-electron chi connectivity index (χ3n) is 7.34. The molecule has 0 unspecified atom stereocenters. The Morgan fingerprint density at radius 1 is 0.487 bits per heavy atom. The van der Waals surface area contributed by atoms with Gasteiger partial charge in [0.2, 0.25) is 0 Å². The quantitative estimate of drug-likeness (QED) is 0.142. The average Bonchev–Trinajstić information content (AvgIpc) is 3.70. The third-order valence-corrected chi connectivity index (χ3v) is 11.9. The first-order valence-corrected chi connectivity index (χ1v) is 15.4. The first-order valence-electron chi connectivity index (χ1n) is 13.4. The number of rotatable bonds is 10. The van der Waals surface area contributed by atoms with Crippen LogP contribution in [0.2, 0.25) is 0 Å². The van der Waals surface area contributed by atoms with Gasteiger partial charge in [0, 0.05) is 17.5 Å². The van der Waals surface area contributed by atoms with Crippen LogP contribution in [0.15, 0.2) is 150 Å². The van der Waals surface area contributed by atoms with Gasteiger partial charge >= 0.3 is 0 Å². The summed E-state index contributed by atoms with van der Waals surface area (Å²) >= 11 is 0. The third kappa shape index (κ3) is 5.09. The largest absolute Gasteiger partial charge is 0.493 e. The number of hydrogen-bond acceptors (Lipinski definition) is 2. The van der Waals surface area contributed by atoms with E-state index < -0.39 is 7.26 Å². The minimum absolute atomic E-state index is 0.137. The van der Waals surface area contributed by atoms with Crippen LogP contribution in [0, 0.1) is 0 Å². The van der Waals surface area contributed by atoms with Gasteiger partial charge in [-0.3, -0.25) is 4.79 Å². The molecule has 6 aromatic rings. The second kappa shape index (κ2) is 11.2. The molecule has 6 rings (SSSR count). The van der Waals surface area contributed by atoms with E-state index >= 15 is 0 Å². The second-order valence-corrected chi connectivity index (χ2v) is 13.3. The smallest absolute Gasteiger partial charge is 0.195 e. The standard InChI is InChI=1S/C36H30O2P/c37-36-34(28-14-5-1-6-15-28)35(36)29-22-24-30(25-23-29)38-26-13-27-39(31-16-7-2-8-17-31,32-18-9-3-10-19-32)33-20-11-4-12-21-33/h1-12,14-25H,13,26-27H2/q+1. The van der Waals surface area contributed by atoms with Gasteiger partial charge in [-0.25, -0.2) is 0 Å². The number of hydrogen-bond donors (Lipinski definition) is 0. The van der Waals surface area contributed by atoms with Crippen molar-refractivity contribution in [3.8, 4) is 28.0 Å². The first-order chi connectivity index (χ1) is 19.3. The van der Waals surface area contributed by atoms with E-state index in [2.05, 4.69) is 91.0 Å². The minimum Gasteiger partial charge on any atom is -0.493 e. The molecule has 0 radical (unpaired) electrons. The lowest BCUT2D eigenvalue weighted by Gasteiger charge is -2.27. The fourth-order valence-electron chi connectivity index (χ4n) is 5.42. The van der Waals surface area contributed by atoms with Gasteiger partial charge in [-0.05, 0) is 59.7 Å². The number of ether oxygens (including phenoxy) is 1. The lowest BCUT2D eigenvalue weighted by Crippen LogP contribution is -2.33. The molecular weight excluding hydrogens is 495 g/mol. The molecule has 0 amide bonds. The molecule has 0 saturated heterocycles. The molecular formula is C36H30O2P+. The molecule has 0 N–H and O–H groups in total. The summed E-state index contributed by atoms with van der Waals surface area (Å²) in [5.74, 6) is 0.830. The maximum Gasteiger partial charge on any atom is 0.195 e. The van der Waals surface area contributed by atoms with Gasteiger partial charge in [0.25, 0.3) is 0 Å². The summed E-state index contributed by atoms with van der Waals surface area (Å²) in [5.41, 5.74) is 3.72. The van der Waals surface area contributed by atoms with Crippen LogP contribution in [0.3, 0.4) is 0 Å². The van der Waals surface area contributed by atoms with E-state index in [1.807, 2.05) is 54.6 Å². The Labute approximate surface area is 230 Å². The summed E-state index contributed by atoms with van der Waals surface area (Å²) in [4.78, 5) is 12.5. The lowest BCUT2D eigenvalue weighted by atomic mass is 10.1. The maximum absolute atomic E-state index is 12.5. The Kier molecular flexibility index (Phi) is 7.21. The normalized spacial score (nSPS) is 11.5. The van der Waals surface area contributed by atoms with E-state index in [-0.39, 0.29) is 5.43 Å². The Balaban J connectivity index is 1.19. The van der Waals surface area contributed by atoms with Crippen molar-refractivity contribution in [1.29, 1.82) is 0 Å². The zero-order valence-electron chi connectivity index (χ0n) is 21.7. The summed E-state index contributed by atoms with van der Waals surface area (Å²) < 4.78 is 6.22. The van der Waals surface area contributed by atoms with Crippen LogP contribution in [-0.2, 0) is 0 Å². The van der Waals surface area contributed by atoms with Crippen LogP contribution in [-0.4, -0.2) is 12.8 Å². The molecule has 0 saturated carbocycles. The molecule has 0 aliphatic rings. The molecule has 3 heteroatoms. The predicted octanol–water partition coefficient (Wildman–Crippen LogP) is 7.02. The SMILES string of the molecule is O=c1c(-c2ccccc2)c1-c1ccc(OCCC[P+](c2ccccc2)(c2ccccc2)c2ccccc2)cc1. The molecule has 39 heavy (non-hydrogen) atoms. The molecule has 0 heterocycles. The summed E-state index contributed by atoms with van der Waals surface area (Å²) in [5, 5.41) is 4.18. The van der Waals surface area contributed by atoms with Gasteiger partial charge in [0.1, 0.15) is 28.9 Å². The van der Waals surface area contributed by atoms with Crippen molar-refractivity contribution < 1.29 is 4.74 Å². The summed E-state index contributed by atoms with van der Waals surface area (Å²) in [7, 11) is -1.85. The molecule has 0 aromatic heterocycles. The van der Waals surface area contributed by atoms with Gasteiger partial charge in [-0.1, -0.05) is 97.1 Å². The van der Waals surface area contributed by atoms with E-state index in [0.29, 0.717) is 6.61 Å². The van der Waals surface area contributed by atoms with E-state index in [1.54, 1.807) is 0 Å². The molecule has 0 bridgehead atoms. The van der Waals surface area contributed by atoms with Crippen LogP contribution >= 0.6 is 7.26 Å². The van der Waals surface area contributed by atoms with Gasteiger partial charge in [0.15, 0.2) is 5.43 Å². The Morgan fingerprint density at radius 3 is 1.36 bits per heavy atom. The number of benzene rings is 5. The highest BCUT2D eigenvalue weighted by Gasteiger charge is 2.44. The fraction of sp³-hybridized carbons (Fsp3) is 0.0833. The van der Waals surface area contributed by atoms with Crippen molar-refractivity contribution in [3.63, 3.8) is 0 Å². The fourth-order valence-corrected chi connectivity index (χ4v) is 9.73. The maximum atomic E-state index is 12.5. The van der Waals surface area contributed by atoms with Crippen molar-refractivity contribution in [3.05, 3.63) is 156 Å². The van der Waals surface area contributed by atoms with E-state index in [0.717, 1.165) is 40.6 Å². The highest BCUT2D eigenvalue weighted by atomic mass is 31.2. The van der Waals surface area contributed by atoms with Crippen LogP contribution in [0.1, 0.15) is 6.42 Å². The minimum atomic E-state index is -1.85. The zero-order chi connectivity index (χ0) is 26.5. The van der Waals surface area contributed by atoms with Crippen LogP contribution in [0.5, 0.6) is 5.75 Å². The molecule has 0 spiro atoms. The van der Waals surface area contributed by atoms with Crippen LogP contribution < -0.4 is 26.1 Å². The van der Waals surface area contributed by atoms with E-state index in [4.69, 9.17) is 4.74 Å². The zero-order valence-corrected chi connectivity index (χ0v) is 22.6. The van der Waals surface area contributed by atoms with Crippen molar-refractivity contribution >= 4 is 23.2 Å². The molecule has 190 valence electrons. The molecule has 6 aromatic carbocycles. The molecule has 2 nitrogen and oxygen atoms in total. The highest BCUT2D eigenvalue weighted by molar-refractivity contribution is 7.95. The molecule has 0 fully saturated rings. The molecule has 0 aliphatic carbocycles. The van der Waals surface area contributed by atoms with Crippen molar-refractivity contribution in [1.82, 2.24) is 0 Å². The topological polar surface area (TPSA) is 26.3 Å². The second-order valence-electron chi connectivity index (χ2n) is 9.71. The van der Waals surface area contributed by atoms with E-state index in [9.17, 15) is 4.79 Å². The first kappa shape index (κ1) is 25.0. The highest BCUT2D eigenvalue weighted by Crippen LogP contribution is 2.55. The average molecular weight is 526 g/mol. The van der Waals surface area contributed by atoms with Gasteiger partial charge in [-0.15, -0.1) is 0 Å². The predicted molar refractivity (Wildman–Crippen MR) is 166 cm³/mol. The summed E-state index contributed by atoms with van der Waals surface area (Å²) in [6.07, 6.45) is 1.95. The lowest BCUT2D eigenvalue weighted by molar-refractivity contribution is 0.318. The monoisotopic (exact) mass is 525 g/mol. The molecule has 0 aliphatic heterocycles. The Hall–Kier alpha value is -4.26. The van der Waals surface area contributed by atoms with E-state index in [1.165, 1.54) is 15.9 Å². The van der Waals surface area contributed by atoms with Crippen molar-refractivity contribution in [2.24, 2.45) is 0 Å². The van der Waals surface area contributed by atoms with Crippen molar-refractivity contribution in [2.45, 2.75) is 6.42 Å². The molecule has 0 atom stereocenters. The summed E-state index contributed by atoms with van der Waals surface area (Å²) in [6, 6.07) is 50.7. The van der Waals surface area contributed by atoms with Gasteiger partial charge in [0.05, 0.1) is 12.8 Å². The van der Waals surface area contributed by atoms with Crippen LogP contribution in [0.4, 0.5) is 0 Å². The van der Waals surface area contributed by atoms with Crippen molar-refractivity contribution in [2.75, 3.05) is 12.8 Å². The Morgan fingerprint density at radius 2 is 0.897 bits per heavy atom. The van der Waals surface area contributed by atoms with Gasteiger partial charge in [-0.2, -0.15) is 0 Å².